The van der Waals surface area contributed by atoms with Gasteiger partial charge in [-0.15, -0.1) is 0 Å². The number of nitrogens with zero attached hydrogens (tertiary/aromatic N) is 3. The third-order valence-corrected chi connectivity index (χ3v) is 7.67. The standard InChI is InChI=1S/C29H27FN4O4S/c1-28(2,3)38-27(35)33-26-34-29(16-39-26)20-13-18(19-5-4-10-31-25(19)30)6-7-23(20)37-24-15-32-22(14-21(24)29)17-8-11-36-12-9-17/h4-8,10,13-15H,9,11-12,16H2,1-3H3,(H,33,34,35)/t29-/m0/s1. The maximum Gasteiger partial charge on any atom is 0.413 e. The molecule has 0 bridgehead atoms. The highest BCUT2D eigenvalue weighted by molar-refractivity contribution is 8.14. The van der Waals surface area contributed by atoms with Crippen LogP contribution in [0.1, 0.15) is 44.0 Å². The third-order valence-electron chi connectivity index (χ3n) is 6.64. The number of amides is 1. The van der Waals surface area contributed by atoms with Crippen molar-refractivity contribution in [3.05, 3.63) is 77.6 Å². The number of thioether (sulfide) groups is 1. The first-order valence-corrected chi connectivity index (χ1v) is 13.6. The van der Waals surface area contributed by atoms with Gasteiger partial charge in [-0.1, -0.05) is 23.9 Å². The van der Waals surface area contributed by atoms with E-state index in [0.29, 0.717) is 46.8 Å². The van der Waals surface area contributed by atoms with E-state index in [4.69, 9.17) is 19.2 Å². The number of halogens is 1. The van der Waals surface area contributed by atoms with E-state index in [1.54, 1.807) is 45.2 Å². The number of hydrogen-bond acceptors (Lipinski definition) is 8. The topological polar surface area (TPSA) is 94.9 Å². The molecule has 0 aliphatic carbocycles. The van der Waals surface area contributed by atoms with E-state index in [9.17, 15) is 9.18 Å². The number of nitrogens with one attached hydrogen (secondary N) is 1. The molecule has 8 nitrogen and oxygen atoms in total. The Morgan fingerprint density at radius 3 is 2.77 bits per heavy atom. The second-order valence-corrected chi connectivity index (χ2v) is 11.4. The van der Waals surface area contributed by atoms with Crippen molar-refractivity contribution in [3.63, 3.8) is 0 Å². The molecule has 0 saturated carbocycles. The summed E-state index contributed by atoms with van der Waals surface area (Å²) in [6, 6.07) is 10.9. The zero-order chi connectivity index (χ0) is 27.2. The first-order valence-electron chi connectivity index (χ1n) is 12.7. The van der Waals surface area contributed by atoms with Gasteiger partial charge in [-0.25, -0.2) is 14.8 Å². The molecule has 1 N–H and O–H groups in total. The second-order valence-electron chi connectivity index (χ2n) is 10.5. The van der Waals surface area contributed by atoms with Crippen LogP contribution in [0.2, 0.25) is 0 Å². The molecule has 200 valence electrons. The molecule has 5 heterocycles. The molecule has 0 unspecified atom stereocenters. The zero-order valence-corrected chi connectivity index (χ0v) is 22.6. The molecule has 3 aromatic rings. The summed E-state index contributed by atoms with van der Waals surface area (Å²) in [5.74, 6) is 1.12. The number of ether oxygens (including phenoxy) is 3. The van der Waals surface area contributed by atoms with Crippen molar-refractivity contribution in [1.82, 2.24) is 15.3 Å². The number of benzene rings is 1. The number of fused-ring (bicyclic) bond motifs is 4. The van der Waals surface area contributed by atoms with Gasteiger partial charge in [0.2, 0.25) is 5.95 Å². The molecule has 6 rings (SSSR count). The van der Waals surface area contributed by atoms with Gasteiger partial charge in [-0.3, -0.25) is 10.3 Å². The smallest absolute Gasteiger partial charge is 0.413 e. The maximum absolute atomic E-state index is 14.7. The first-order chi connectivity index (χ1) is 18.7. The average Bonchev–Trinajstić information content (AvgIpc) is 3.32. The maximum atomic E-state index is 14.7. The SMILES string of the molecule is CC(C)(C)OC(=O)NC1=N[C@@]2(CS1)c1cc(-c3cccnc3F)ccc1Oc1cnc(C3=CCOCC3)cc12. The summed E-state index contributed by atoms with van der Waals surface area (Å²) in [5.41, 5.74) is 2.99. The molecule has 10 heteroatoms. The van der Waals surface area contributed by atoms with E-state index in [-0.39, 0.29) is 0 Å². The van der Waals surface area contributed by atoms with Gasteiger partial charge in [0.25, 0.3) is 0 Å². The summed E-state index contributed by atoms with van der Waals surface area (Å²) >= 11 is 1.42. The number of carbonyl (C=O) groups is 1. The largest absolute Gasteiger partial charge is 0.455 e. The highest BCUT2D eigenvalue weighted by Crippen LogP contribution is 2.54. The second kappa shape index (κ2) is 9.77. The number of rotatable bonds is 2. The van der Waals surface area contributed by atoms with Crippen molar-refractivity contribution in [2.24, 2.45) is 4.99 Å². The fraction of sp³-hybridized carbons (Fsp3) is 0.310. The Hall–Kier alpha value is -3.76. The molecule has 1 aromatic carbocycles. The van der Waals surface area contributed by atoms with Crippen molar-refractivity contribution in [3.8, 4) is 22.6 Å². The van der Waals surface area contributed by atoms with Crippen LogP contribution in [0, 0.1) is 5.95 Å². The zero-order valence-electron chi connectivity index (χ0n) is 21.8. The van der Waals surface area contributed by atoms with E-state index >= 15 is 0 Å². The summed E-state index contributed by atoms with van der Waals surface area (Å²) in [7, 11) is 0. The third kappa shape index (κ3) is 4.90. The monoisotopic (exact) mass is 546 g/mol. The normalized spacial score (nSPS) is 19.9. The summed E-state index contributed by atoms with van der Waals surface area (Å²) in [4.78, 5) is 26.2. The lowest BCUT2D eigenvalue weighted by Crippen LogP contribution is -2.35. The molecule has 39 heavy (non-hydrogen) atoms. The van der Waals surface area contributed by atoms with Crippen LogP contribution in [0.4, 0.5) is 9.18 Å². The van der Waals surface area contributed by atoms with E-state index in [2.05, 4.69) is 15.3 Å². The van der Waals surface area contributed by atoms with Gasteiger partial charge in [0.15, 0.2) is 10.9 Å². The van der Waals surface area contributed by atoms with E-state index in [1.165, 1.54) is 18.0 Å². The summed E-state index contributed by atoms with van der Waals surface area (Å²) in [6.45, 7) is 6.59. The predicted octanol–water partition coefficient (Wildman–Crippen LogP) is 6.06. The van der Waals surface area contributed by atoms with E-state index in [0.717, 1.165) is 28.8 Å². The summed E-state index contributed by atoms with van der Waals surface area (Å²) in [5, 5.41) is 3.23. The van der Waals surface area contributed by atoms with Gasteiger partial charge in [-0.05, 0) is 68.7 Å². The minimum Gasteiger partial charge on any atom is -0.455 e. The van der Waals surface area contributed by atoms with Gasteiger partial charge in [-0.2, -0.15) is 4.39 Å². The predicted molar refractivity (Wildman–Crippen MR) is 147 cm³/mol. The molecule has 3 aliphatic rings. The van der Waals surface area contributed by atoms with Crippen molar-refractivity contribution in [2.75, 3.05) is 19.0 Å². The van der Waals surface area contributed by atoms with E-state index in [1.807, 2.05) is 24.3 Å². The number of carbonyl (C=O) groups excluding carboxylic acids is 1. The Kier molecular flexibility index (Phi) is 6.39. The minimum absolute atomic E-state index is 0.380. The number of hydrogen-bond donors (Lipinski definition) is 1. The van der Waals surface area contributed by atoms with Gasteiger partial charge in [0.05, 0.1) is 25.1 Å². The number of pyridine rings is 2. The first kappa shape index (κ1) is 25.5. The highest BCUT2D eigenvalue weighted by atomic mass is 32.2. The molecule has 3 aliphatic heterocycles. The molecule has 0 fully saturated rings. The van der Waals surface area contributed by atoms with Crippen LogP contribution in [-0.4, -0.2) is 45.8 Å². The van der Waals surface area contributed by atoms with Crippen LogP contribution in [0.25, 0.3) is 16.7 Å². The number of alkyl carbamates (subject to hydrolysis) is 1. The number of aromatic nitrogens is 2. The average molecular weight is 547 g/mol. The van der Waals surface area contributed by atoms with Crippen LogP contribution in [0.3, 0.4) is 0 Å². The van der Waals surface area contributed by atoms with Crippen LogP contribution in [0.15, 0.2) is 59.9 Å². The Morgan fingerprint density at radius 2 is 2.00 bits per heavy atom. The Bertz CT molecular complexity index is 1530. The van der Waals surface area contributed by atoms with Gasteiger partial charge in [0, 0.05) is 28.6 Å². The molecule has 1 amide bonds. The number of amidine groups is 1. The minimum atomic E-state index is -0.907. The van der Waals surface area contributed by atoms with Crippen LogP contribution < -0.4 is 10.1 Å². The van der Waals surface area contributed by atoms with Crippen LogP contribution in [0.5, 0.6) is 11.5 Å². The lowest BCUT2D eigenvalue weighted by molar-refractivity contribution is 0.0564. The molecule has 0 radical (unpaired) electrons. The number of aliphatic imine (C=N–C) groups is 1. The van der Waals surface area contributed by atoms with Gasteiger partial charge >= 0.3 is 6.09 Å². The molecule has 0 saturated heterocycles. The highest BCUT2D eigenvalue weighted by Gasteiger charge is 2.47. The Labute approximate surface area is 229 Å². The molecular weight excluding hydrogens is 519 g/mol. The van der Waals surface area contributed by atoms with Crippen molar-refractivity contribution >= 4 is 28.6 Å². The molecular formula is C29H27FN4O4S. The fourth-order valence-corrected chi connectivity index (χ4v) is 6.00. The summed E-state index contributed by atoms with van der Waals surface area (Å²) in [6.07, 6.45) is 5.36. The van der Waals surface area contributed by atoms with E-state index < -0.39 is 23.2 Å². The van der Waals surface area contributed by atoms with Crippen molar-refractivity contribution in [2.45, 2.75) is 38.3 Å². The van der Waals surface area contributed by atoms with Crippen LogP contribution in [-0.2, 0) is 15.0 Å². The van der Waals surface area contributed by atoms with Gasteiger partial charge in [0.1, 0.15) is 16.9 Å². The molecule has 1 atom stereocenters. The quantitative estimate of drug-likeness (QED) is 0.390. The fourth-order valence-electron chi connectivity index (χ4n) is 4.90. The van der Waals surface area contributed by atoms with Gasteiger partial charge < -0.3 is 14.2 Å². The Morgan fingerprint density at radius 1 is 1.15 bits per heavy atom. The summed E-state index contributed by atoms with van der Waals surface area (Å²) < 4.78 is 31.9. The van der Waals surface area contributed by atoms with Crippen molar-refractivity contribution < 1.29 is 23.4 Å². The Balaban J connectivity index is 1.48. The molecule has 1 spiro atoms. The van der Waals surface area contributed by atoms with Crippen LogP contribution >= 0.6 is 11.8 Å². The molecule has 2 aromatic heterocycles. The van der Waals surface area contributed by atoms with Crippen molar-refractivity contribution in [1.29, 1.82) is 0 Å². The lowest BCUT2D eigenvalue weighted by atomic mass is 9.80. The lowest BCUT2D eigenvalue weighted by Gasteiger charge is -2.35.